The number of hydrogen-bond donors (Lipinski definition) is 1. The summed E-state index contributed by atoms with van der Waals surface area (Å²) in [6, 6.07) is 11.6. The molecule has 1 N–H and O–H groups in total. The molecule has 1 fully saturated rings. The van der Waals surface area contributed by atoms with E-state index < -0.39 is 5.60 Å². The van der Waals surface area contributed by atoms with Crippen LogP contribution in [0, 0.1) is 12.7 Å². The fraction of sp³-hybridized carbons (Fsp3) is 0.444. The van der Waals surface area contributed by atoms with Crippen LogP contribution in [0.1, 0.15) is 17.5 Å². The third kappa shape index (κ3) is 7.43. The molecule has 0 amide bonds. The van der Waals surface area contributed by atoms with Crippen LogP contribution in [-0.4, -0.2) is 72.0 Å². The lowest BCUT2D eigenvalue weighted by atomic mass is 10.1. The predicted octanol–water partition coefficient (Wildman–Crippen LogP) is 3.45. The number of aromatic nitrogens is 2. The molecule has 2 heterocycles. The van der Waals surface area contributed by atoms with Gasteiger partial charge in [-0.2, -0.15) is 5.10 Å². The second-order valence-electron chi connectivity index (χ2n) is 9.20. The van der Waals surface area contributed by atoms with Gasteiger partial charge < -0.3 is 24.1 Å². The molecule has 1 saturated heterocycles. The van der Waals surface area contributed by atoms with Gasteiger partial charge in [-0.1, -0.05) is 6.07 Å². The SMILES string of the molecule is COc1cc(CN2CCOC[C@@](O)(COc3ccc(F)cc3)C2)ccc1OCCCn1cc(C)cn1. The van der Waals surface area contributed by atoms with E-state index in [1.54, 1.807) is 19.2 Å². The normalized spacial score (nSPS) is 18.6. The Hall–Kier alpha value is -3.14. The number of aryl methyl sites for hydroxylation is 2. The number of ether oxygens (including phenoxy) is 4. The van der Waals surface area contributed by atoms with Crippen LogP contribution >= 0.6 is 0 Å². The molecule has 0 unspecified atom stereocenters. The molecule has 194 valence electrons. The van der Waals surface area contributed by atoms with E-state index in [1.807, 2.05) is 42.2 Å². The van der Waals surface area contributed by atoms with Crippen molar-refractivity contribution in [3.63, 3.8) is 0 Å². The van der Waals surface area contributed by atoms with Crippen molar-refractivity contribution < 1.29 is 28.4 Å². The lowest BCUT2D eigenvalue weighted by molar-refractivity contribution is -0.0646. The summed E-state index contributed by atoms with van der Waals surface area (Å²) in [7, 11) is 1.63. The van der Waals surface area contributed by atoms with Crippen LogP contribution in [0.5, 0.6) is 17.2 Å². The highest BCUT2D eigenvalue weighted by Crippen LogP contribution is 2.29. The van der Waals surface area contributed by atoms with E-state index in [9.17, 15) is 9.50 Å². The number of rotatable bonds is 11. The topological polar surface area (TPSA) is 78.2 Å². The zero-order valence-corrected chi connectivity index (χ0v) is 20.9. The molecular formula is C27H34FN3O5. The maximum atomic E-state index is 13.1. The summed E-state index contributed by atoms with van der Waals surface area (Å²) in [5, 5.41) is 15.4. The third-order valence-electron chi connectivity index (χ3n) is 5.95. The van der Waals surface area contributed by atoms with Crippen LogP contribution in [0.4, 0.5) is 4.39 Å². The highest BCUT2D eigenvalue weighted by atomic mass is 19.1. The van der Waals surface area contributed by atoms with Gasteiger partial charge in [-0.3, -0.25) is 9.58 Å². The standard InChI is InChI=1S/C27H34FN3O5/c1-21-15-29-31(16-21)10-3-12-35-25-9-4-22(14-26(25)33-2)17-30-11-13-34-19-27(32,18-30)20-36-24-7-5-23(28)6-8-24/h4-9,14-16,32H,3,10-13,17-20H2,1-2H3/t27-/m1/s1. The first-order valence-electron chi connectivity index (χ1n) is 12.1. The first kappa shape index (κ1) is 25.9. The number of hydrogen-bond acceptors (Lipinski definition) is 7. The maximum Gasteiger partial charge on any atom is 0.161 e. The van der Waals surface area contributed by atoms with Gasteiger partial charge in [0.25, 0.3) is 0 Å². The minimum atomic E-state index is -1.19. The fourth-order valence-electron chi connectivity index (χ4n) is 4.15. The van der Waals surface area contributed by atoms with Crippen LogP contribution in [0.2, 0.25) is 0 Å². The molecule has 3 aromatic rings. The number of aliphatic hydroxyl groups is 1. The molecule has 9 heteroatoms. The molecule has 4 rings (SSSR count). The lowest BCUT2D eigenvalue weighted by Gasteiger charge is -2.30. The van der Waals surface area contributed by atoms with Crippen molar-refractivity contribution in [3.8, 4) is 17.2 Å². The molecule has 1 aliphatic heterocycles. The molecule has 1 aliphatic rings. The number of β-amino-alcohol motifs (C(OH)–C–C–N with tert-alkyl or cyclic N) is 1. The summed E-state index contributed by atoms with van der Waals surface area (Å²) in [5.41, 5.74) is 0.989. The fourth-order valence-corrected chi connectivity index (χ4v) is 4.15. The summed E-state index contributed by atoms with van der Waals surface area (Å²) in [6.07, 6.45) is 4.69. The minimum absolute atomic E-state index is 0.0450. The largest absolute Gasteiger partial charge is 0.493 e. The van der Waals surface area contributed by atoms with Gasteiger partial charge in [-0.15, -0.1) is 0 Å². The summed E-state index contributed by atoms with van der Waals surface area (Å²) in [5.74, 6) is 1.53. The maximum absolute atomic E-state index is 13.1. The van der Waals surface area contributed by atoms with Crippen molar-refractivity contribution in [2.45, 2.75) is 32.0 Å². The van der Waals surface area contributed by atoms with Crippen LogP contribution in [0.15, 0.2) is 54.9 Å². The molecular weight excluding hydrogens is 465 g/mol. The monoisotopic (exact) mass is 499 g/mol. The highest BCUT2D eigenvalue weighted by Gasteiger charge is 2.33. The van der Waals surface area contributed by atoms with Crippen LogP contribution in [0.3, 0.4) is 0 Å². The molecule has 0 bridgehead atoms. The van der Waals surface area contributed by atoms with E-state index in [4.69, 9.17) is 18.9 Å². The van der Waals surface area contributed by atoms with Gasteiger partial charge in [0.15, 0.2) is 11.5 Å². The van der Waals surface area contributed by atoms with Crippen molar-refractivity contribution in [1.82, 2.24) is 14.7 Å². The number of benzene rings is 2. The predicted molar refractivity (Wildman–Crippen MR) is 133 cm³/mol. The molecule has 1 atom stereocenters. The average molecular weight is 500 g/mol. The summed E-state index contributed by atoms with van der Waals surface area (Å²) < 4.78 is 38.0. The molecule has 1 aromatic heterocycles. The Balaban J connectivity index is 1.31. The van der Waals surface area contributed by atoms with Crippen molar-refractivity contribution in [1.29, 1.82) is 0 Å². The van der Waals surface area contributed by atoms with Crippen LogP contribution < -0.4 is 14.2 Å². The Morgan fingerprint density at radius 1 is 1.14 bits per heavy atom. The second kappa shape index (κ2) is 12.2. The lowest BCUT2D eigenvalue weighted by Crippen LogP contribution is -2.48. The van der Waals surface area contributed by atoms with E-state index in [0.29, 0.717) is 50.1 Å². The Kier molecular flexibility index (Phi) is 8.79. The molecule has 36 heavy (non-hydrogen) atoms. The Morgan fingerprint density at radius 2 is 1.97 bits per heavy atom. The zero-order chi connectivity index (χ0) is 25.4. The van der Waals surface area contributed by atoms with Gasteiger partial charge in [-0.25, -0.2) is 4.39 Å². The Morgan fingerprint density at radius 3 is 2.72 bits per heavy atom. The van der Waals surface area contributed by atoms with Crippen LogP contribution in [-0.2, 0) is 17.8 Å². The van der Waals surface area contributed by atoms with Crippen LogP contribution in [0.25, 0.3) is 0 Å². The van der Waals surface area contributed by atoms with Gasteiger partial charge in [0.05, 0.1) is 33.1 Å². The molecule has 2 aromatic carbocycles. The van der Waals surface area contributed by atoms with Crippen molar-refractivity contribution in [3.05, 3.63) is 71.8 Å². The first-order chi connectivity index (χ1) is 17.4. The quantitative estimate of drug-likeness (QED) is 0.405. The molecule has 0 radical (unpaired) electrons. The van der Waals surface area contributed by atoms with Gasteiger partial charge in [-0.05, 0) is 54.4 Å². The highest BCUT2D eigenvalue weighted by molar-refractivity contribution is 5.43. The average Bonchev–Trinajstić information content (AvgIpc) is 3.20. The Bertz CT molecular complexity index is 1110. The zero-order valence-electron chi connectivity index (χ0n) is 20.9. The van der Waals surface area contributed by atoms with Gasteiger partial charge >= 0.3 is 0 Å². The summed E-state index contributed by atoms with van der Waals surface area (Å²) in [4.78, 5) is 2.13. The summed E-state index contributed by atoms with van der Waals surface area (Å²) >= 11 is 0. The van der Waals surface area contributed by atoms with Gasteiger partial charge in [0, 0.05) is 38.8 Å². The summed E-state index contributed by atoms with van der Waals surface area (Å²) in [6.45, 7) is 5.74. The number of halogens is 1. The first-order valence-corrected chi connectivity index (χ1v) is 12.1. The Labute approximate surface area is 211 Å². The molecule has 0 spiro atoms. The van der Waals surface area contributed by atoms with E-state index in [-0.39, 0.29) is 19.0 Å². The third-order valence-corrected chi connectivity index (χ3v) is 5.95. The number of methoxy groups -OCH3 is 1. The van der Waals surface area contributed by atoms with E-state index in [0.717, 1.165) is 24.1 Å². The molecule has 0 aliphatic carbocycles. The minimum Gasteiger partial charge on any atom is -0.493 e. The van der Waals surface area contributed by atoms with Gasteiger partial charge in [0.1, 0.15) is 23.8 Å². The smallest absolute Gasteiger partial charge is 0.161 e. The number of nitrogens with zero attached hydrogens (tertiary/aromatic N) is 3. The second-order valence-corrected chi connectivity index (χ2v) is 9.20. The van der Waals surface area contributed by atoms with E-state index >= 15 is 0 Å². The van der Waals surface area contributed by atoms with E-state index in [2.05, 4.69) is 10.00 Å². The molecule has 8 nitrogen and oxygen atoms in total. The van der Waals surface area contributed by atoms with E-state index in [1.165, 1.54) is 12.1 Å². The van der Waals surface area contributed by atoms with Crippen molar-refractivity contribution in [2.24, 2.45) is 0 Å². The van der Waals surface area contributed by atoms with Crippen molar-refractivity contribution in [2.75, 3.05) is 46.6 Å². The van der Waals surface area contributed by atoms with Crippen molar-refractivity contribution >= 4 is 0 Å². The van der Waals surface area contributed by atoms with Gasteiger partial charge in [0.2, 0.25) is 0 Å². The molecule has 0 saturated carbocycles.